The van der Waals surface area contributed by atoms with Crippen molar-refractivity contribution in [3.05, 3.63) is 47.5 Å². The number of nitrogens with one attached hydrogen (secondary N) is 2. The summed E-state index contributed by atoms with van der Waals surface area (Å²) in [5.41, 5.74) is 8.00. The highest BCUT2D eigenvalue weighted by atomic mass is 19.1. The molecule has 2 atom stereocenters. The zero-order valence-electron chi connectivity index (χ0n) is 22.7. The van der Waals surface area contributed by atoms with Crippen molar-refractivity contribution >= 4 is 22.8 Å². The molecule has 4 N–H and O–H groups in total. The summed E-state index contributed by atoms with van der Waals surface area (Å²) in [4.78, 5) is 25.0. The second-order valence-corrected chi connectivity index (χ2v) is 11.5. The highest BCUT2D eigenvalue weighted by Crippen LogP contribution is 2.46. The second kappa shape index (κ2) is 10.4. The molecule has 2 unspecified atom stereocenters. The van der Waals surface area contributed by atoms with Gasteiger partial charge in [-0.25, -0.2) is 14.4 Å². The first-order valence-corrected chi connectivity index (χ1v) is 14.2. The van der Waals surface area contributed by atoms with Gasteiger partial charge in [0, 0.05) is 23.7 Å². The Morgan fingerprint density at radius 2 is 2.05 bits per heavy atom. The SMILES string of the molecule is NC1COC1COc1ccc2ncc(F)c(CCC34CCC(NCc5ccc6c(n5)NC(=O)CO6)(CC3)CO4)c2n1. The summed E-state index contributed by atoms with van der Waals surface area (Å²) >= 11 is 0. The van der Waals surface area contributed by atoms with Gasteiger partial charge in [0.15, 0.2) is 18.2 Å². The van der Waals surface area contributed by atoms with E-state index in [1.165, 1.54) is 6.20 Å². The number of nitrogens with two attached hydrogens (primary N) is 1. The summed E-state index contributed by atoms with van der Waals surface area (Å²) in [5.74, 6) is 0.871. The Morgan fingerprint density at radius 1 is 1.17 bits per heavy atom. The minimum atomic E-state index is -0.371. The average Bonchev–Trinajstić information content (AvgIpc) is 2.99. The Hall–Kier alpha value is -3.45. The fraction of sp³-hybridized carbons (Fsp3) is 0.517. The van der Waals surface area contributed by atoms with Gasteiger partial charge in [0.05, 0.1) is 47.8 Å². The van der Waals surface area contributed by atoms with Crippen LogP contribution in [0.3, 0.4) is 0 Å². The number of hydrogen-bond donors (Lipinski definition) is 3. The molecule has 3 aromatic rings. The van der Waals surface area contributed by atoms with Crippen molar-refractivity contribution in [3.8, 4) is 11.6 Å². The maximum atomic E-state index is 15.1. The van der Waals surface area contributed by atoms with E-state index in [0.717, 1.165) is 31.4 Å². The molecule has 0 aromatic carbocycles. The number of ether oxygens (including phenoxy) is 4. The minimum absolute atomic E-state index is 0.0102. The van der Waals surface area contributed by atoms with Gasteiger partial charge >= 0.3 is 0 Å². The van der Waals surface area contributed by atoms with Crippen molar-refractivity contribution < 1.29 is 28.1 Å². The molecule has 12 heteroatoms. The summed E-state index contributed by atoms with van der Waals surface area (Å²) in [6.45, 7) is 1.98. The number of carbonyl (C=O) groups is 1. The van der Waals surface area contributed by atoms with Crippen LogP contribution in [0.25, 0.3) is 11.0 Å². The molecule has 3 saturated heterocycles. The van der Waals surface area contributed by atoms with Crippen LogP contribution in [-0.2, 0) is 27.2 Å². The molecule has 1 amide bonds. The van der Waals surface area contributed by atoms with Gasteiger partial charge < -0.3 is 35.3 Å². The molecule has 1 aliphatic carbocycles. The lowest BCUT2D eigenvalue weighted by Gasteiger charge is -2.53. The van der Waals surface area contributed by atoms with Crippen LogP contribution in [0.15, 0.2) is 30.5 Å². The highest BCUT2D eigenvalue weighted by molar-refractivity contribution is 5.94. The first kappa shape index (κ1) is 26.4. The predicted molar refractivity (Wildman–Crippen MR) is 146 cm³/mol. The lowest BCUT2D eigenvalue weighted by molar-refractivity contribution is -0.165. The van der Waals surface area contributed by atoms with Crippen LogP contribution in [-0.4, -0.2) is 70.6 Å². The Labute approximate surface area is 236 Å². The number of anilines is 1. The summed E-state index contributed by atoms with van der Waals surface area (Å²) in [7, 11) is 0. The number of hydrogen-bond acceptors (Lipinski definition) is 10. The summed E-state index contributed by atoms with van der Waals surface area (Å²) in [5, 5.41) is 6.43. The number of aryl methyl sites for hydroxylation is 1. The fourth-order valence-corrected chi connectivity index (χ4v) is 6.13. The second-order valence-electron chi connectivity index (χ2n) is 11.5. The molecule has 8 rings (SSSR count). The fourth-order valence-electron chi connectivity index (χ4n) is 6.13. The van der Waals surface area contributed by atoms with Crippen LogP contribution in [0, 0.1) is 5.82 Å². The maximum Gasteiger partial charge on any atom is 0.263 e. The van der Waals surface area contributed by atoms with Crippen molar-refractivity contribution in [2.45, 2.75) is 68.4 Å². The van der Waals surface area contributed by atoms with Gasteiger partial charge in [-0.3, -0.25) is 9.78 Å². The normalized spacial score (nSPS) is 28.5. The summed E-state index contributed by atoms with van der Waals surface area (Å²) in [6, 6.07) is 7.25. The molecular weight excluding hydrogens is 531 g/mol. The summed E-state index contributed by atoms with van der Waals surface area (Å²) in [6.07, 6.45) is 5.99. The van der Waals surface area contributed by atoms with E-state index < -0.39 is 0 Å². The van der Waals surface area contributed by atoms with Crippen LogP contribution in [0.2, 0.25) is 0 Å². The molecule has 7 heterocycles. The molecule has 0 radical (unpaired) electrons. The Bertz CT molecular complexity index is 1460. The maximum absolute atomic E-state index is 15.1. The molecule has 11 nitrogen and oxygen atoms in total. The van der Waals surface area contributed by atoms with E-state index in [1.807, 2.05) is 12.1 Å². The average molecular weight is 565 g/mol. The van der Waals surface area contributed by atoms with Crippen LogP contribution in [0.4, 0.5) is 10.2 Å². The van der Waals surface area contributed by atoms with Gasteiger partial charge in [-0.15, -0.1) is 0 Å². The van der Waals surface area contributed by atoms with Gasteiger partial charge in [0.2, 0.25) is 5.88 Å². The van der Waals surface area contributed by atoms with Gasteiger partial charge in [-0.1, -0.05) is 0 Å². The Morgan fingerprint density at radius 3 is 2.80 bits per heavy atom. The first-order chi connectivity index (χ1) is 19.9. The van der Waals surface area contributed by atoms with Crippen molar-refractivity contribution in [2.75, 3.05) is 31.7 Å². The molecule has 0 spiro atoms. The topological polar surface area (TPSA) is 143 Å². The van der Waals surface area contributed by atoms with E-state index >= 15 is 4.39 Å². The van der Waals surface area contributed by atoms with E-state index in [0.29, 0.717) is 73.3 Å². The zero-order chi connectivity index (χ0) is 28.0. The van der Waals surface area contributed by atoms with Crippen molar-refractivity contribution in [1.29, 1.82) is 0 Å². The molecular formula is C29H33FN6O5. The number of aromatic nitrogens is 3. The van der Waals surface area contributed by atoms with Gasteiger partial charge in [-0.2, -0.15) is 0 Å². The lowest BCUT2D eigenvalue weighted by Crippen LogP contribution is -2.61. The minimum Gasteiger partial charge on any atom is -0.480 e. The van der Waals surface area contributed by atoms with E-state index in [4.69, 9.17) is 24.7 Å². The Balaban J connectivity index is 0.982. The van der Waals surface area contributed by atoms with E-state index in [1.54, 1.807) is 12.1 Å². The Kier molecular flexibility index (Phi) is 6.73. The highest BCUT2D eigenvalue weighted by Gasteiger charge is 2.49. The third-order valence-electron chi connectivity index (χ3n) is 8.90. The van der Waals surface area contributed by atoms with Crippen LogP contribution < -0.4 is 25.8 Å². The first-order valence-electron chi connectivity index (χ1n) is 14.2. The number of carbonyl (C=O) groups excluding carboxylic acids is 1. The smallest absolute Gasteiger partial charge is 0.263 e. The van der Waals surface area contributed by atoms with E-state index in [-0.39, 0.29) is 41.6 Å². The number of nitrogens with zero attached hydrogens (tertiary/aromatic N) is 3. The van der Waals surface area contributed by atoms with Crippen LogP contribution in [0.5, 0.6) is 11.6 Å². The number of fused-ring (bicyclic) bond motifs is 5. The molecule has 3 aromatic heterocycles. The quantitative estimate of drug-likeness (QED) is 0.355. The standard InChI is InChI=1S/C29H33FN6O5/c30-19-12-32-21-2-4-25(40-14-23-20(31)13-38-23)36-26(21)18(19)5-6-29-9-7-28(8-10-29,16-41-29)33-11-17-1-3-22-27(34-17)35-24(37)15-39-22/h1-4,12,20,23,33H,5-11,13-16,31H2,(H,34,35,37). The largest absolute Gasteiger partial charge is 0.480 e. The monoisotopic (exact) mass is 564 g/mol. The predicted octanol–water partition coefficient (Wildman–Crippen LogP) is 2.40. The van der Waals surface area contributed by atoms with Gasteiger partial charge in [0.1, 0.15) is 18.5 Å². The third kappa shape index (κ3) is 5.21. The number of halogens is 1. The van der Waals surface area contributed by atoms with Crippen molar-refractivity contribution in [2.24, 2.45) is 5.73 Å². The molecule has 2 bridgehead atoms. The molecule has 1 saturated carbocycles. The van der Waals surface area contributed by atoms with E-state index in [2.05, 4.69) is 25.6 Å². The zero-order valence-corrected chi connectivity index (χ0v) is 22.7. The van der Waals surface area contributed by atoms with Crippen molar-refractivity contribution in [3.63, 3.8) is 0 Å². The van der Waals surface area contributed by atoms with Gasteiger partial charge in [-0.05, 0) is 56.7 Å². The van der Waals surface area contributed by atoms with Crippen LogP contribution in [0.1, 0.15) is 43.4 Å². The van der Waals surface area contributed by atoms with E-state index in [9.17, 15) is 4.79 Å². The molecule has 4 fully saturated rings. The number of amides is 1. The molecule has 41 heavy (non-hydrogen) atoms. The van der Waals surface area contributed by atoms with Gasteiger partial charge in [0.25, 0.3) is 5.91 Å². The van der Waals surface area contributed by atoms with Crippen LogP contribution >= 0.6 is 0 Å². The molecule has 216 valence electrons. The number of pyridine rings is 3. The van der Waals surface area contributed by atoms with Crippen molar-refractivity contribution in [1.82, 2.24) is 20.3 Å². The third-order valence-corrected chi connectivity index (χ3v) is 8.90. The number of rotatable bonds is 9. The lowest BCUT2D eigenvalue weighted by atomic mass is 9.69. The summed E-state index contributed by atoms with van der Waals surface area (Å²) < 4.78 is 38.1. The molecule has 4 aliphatic heterocycles. The molecule has 5 aliphatic rings.